The zero-order valence-corrected chi connectivity index (χ0v) is 12.1. The summed E-state index contributed by atoms with van der Waals surface area (Å²) in [6, 6.07) is 6.08. The lowest BCUT2D eigenvalue weighted by atomic mass is 10.1. The molecule has 0 amide bonds. The van der Waals surface area contributed by atoms with E-state index in [1.165, 1.54) is 16.9 Å². The van der Waals surface area contributed by atoms with Crippen LogP contribution in [-0.4, -0.2) is 15.9 Å². The van der Waals surface area contributed by atoms with Crippen LogP contribution in [0.4, 0.5) is 5.69 Å². The highest BCUT2D eigenvalue weighted by Gasteiger charge is 2.06. The quantitative estimate of drug-likeness (QED) is 0.668. The minimum absolute atomic E-state index is 0.165. The molecule has 0 spiro atoms. The molecule has 3 nitrogen and oxygen atoms in total. The summed E-state index contributed by atoms with van der Waals surface area (Å²) < 4.78 is 2.21. The van der Waals surface area contributed by atoms with Crippen LogP contribution in [-0.2, 0) is 7.05 Å². The molecule has 94 valence electrons. The van der Waals surface area contributed by atoms with Crippen LogP contribution in [0.25, 0.3) is 0 Å². The first kappa shape index (κ1) is 13.0. The number of nitrogens with zero attached hydrogens (tertiary/aromatic N) is 2. The SMILES string of the molecule is Cc1ccc(N=Cc2sc(=S)n(C)c2O)c(C)c1. The predicted molar refractivity (Wildman–Crippen MR) is 79.0 cm³/mol. The molecule has 0 radical (unpaired) electrons. The first-order chi connectivity index (χ1) is 8.49. The number of aromatic hydroxyl groups is 1. The van der Waals surface area contributed by atoms with Crippen LogP contribution in [0.15, 0.2) is 23.2 Å². The second kappa shape index (κ2) is 5.04. The molecular weight excluding hydrogens is 264 g/mol. The van der Waals surface area contributed by atoms with Crippen LogP contribution < -0.4 is 0 Å². The number of thiazole rings is 1. The summed E-state index contributed by atoms with van der Waals surface area (Å²) in [6.07, 6.45) is 1.66. The Morgan fingerprint density at radius 1 is 1.39 bits per heavy atom. The molecule has 1 heterocycles. The Bertz CT molecular complexity index is 668. The first-order valence-corrected chi connectivity index (χ1v) is 6.71. The highest BCUT2D eigenvalue weighted by molar-refractivity contribution is 7.73. The van der Waals surface area contributed by atoms with E-state index < -0.39 is 0 Å². The smallest absolute Gasteiger partial charge is 0.211 e. The Morgan fingerprint density at radius 2 is 2.11 bits per heavy atom. The molecule has 0 aliphatic heterocycles. The van der Waals surface area contributed by atoms with Crippen molar-refractivity contribution >= 4 is 35.5 Å². The number of aromatic nitrogens is 1. The molecule has 5 heteroatoms. The number of benzene rings is 1. The minimum atomic E-state index is 0.165. The molecule has 0 saturated heterocycles. The van der Waals surface area contributed by atoms with Gasteiger partial charge in [0.15, 0.2) is 3.95 Å². The molecule has 0 saturated carbocycles. The van der Waals surface area contributed by atoms with Gasteiger partial charge in [0.2, 0.25) is 5.88 Å². The van der Waals surface area contributed by atoms with Crippen molar-refractivity contribution in [1.82, 2.24) is 4.57 Å². The van der Waals surface area contributed by atoms with E-state index in [1.807, 2.05) is 19.1 Å². The third-order valence-corrected chi connectivity index (χ3v) is 4.16. The summed E-state index contributed by atoms with van der Waals surface area (Å²) in [5, 5.41) is 9.83. The third kappa shape index (κ3) is 2.52. The molecule has 2 aromatic rings. The summed E-state index contributed by atoms with van der Waals surface area (Å²) in [5.41, 5.74) is 3.23. The highest BCUT2D eigenvalue weighted by Crippen LogP contribution is 2.25. The van der Waals surface area contributed by atoms with Gasteiger partial charge >= 0.3 is 0 Å². The van der Waals surface area contributed by atoms with Crippen molar-refractivity contribution < 1.29 is 5.11 Å². The number of aliphatic imine (C=N–C) groups is 1. The van der Waals surface area contributed by atoms with Gasteiger partial charge in [0.1, 0.15) is 4.88 Å². The molecule has 18 heavy (non-hydrogen) atoms. The van der Waals surface area contributed by atoms with Crippen molar-refractivity contribution in [1.29, 1.82) is 0 Å². The topological polar surface area (TPSA) is 37.5 Å². The molecule has 0 fully saturated rings. The van der Waals surface area contributed by atoms with Crippen LogP contribution in [0.1, 0.15) is 16.0 Å². The van der Waals surface area contributed by atoms with Gasteiger partial charge in [-0.05, 0) is 37.7 Å². The fourth-order valence-corrected chi connectivity index (χ4v) is 2.72. The summed E-state index contributed by atoms with van der Waals surface area (Å²) in [4.78, 5) is 5.08. The average molecular weight is 278 g/mol. The Morgan fingerprint density at radius 3 is 2.67 bits per heavy atom. The van der Waals surface area contributed by atoms with Gasteiger partial charge < -0.3 is 5.11 Å². The second-order valence-electron chi connectivity index (χ2n) is 4.16. The fraction of sp³-hybridized carbons (Fsp3) is 0.231. The lowest BCUT2D eigenvalue weighted by Crippen LogP contribution is -1.86. The van der Waals surface area contributed by atoms with E-state index in [4.69, 9.17) is 12.2 Å². The van der Waals surface area contributed by atoms with E-state index in [9.17, 15) is 5.11 Å². The lowest BCUT2D eigenvalue weighted by molar-refractivity contribution is 0.430. The van der Waals surface area contributed by atoms with Gasteiger partial charge in [0, 0.05) is 7.05 Å². The van der Waals surface area contributed by atoms with E-state index >= 15 is 0 Å². The molecular formula is C13H14N2OS2. The maximum absolute atomic E-state index is 9.83. The predicted octanol–water partition coefficient (Wildman–Crippen LogP) is 3.89. The first-order valence-electron chi connectivity index (χ1n) is 5.49. The number of hydrogen-bond donors (Lipinski definition) is 1. The number of hydrogen-bond acceptors (Lipinski definition) is 4. The zero-order valence-electron chi connectivity index (χ0n) is 10.5. The van der Waals surface area contributed by atoms with Crippen molar-refractivity contribution in [2.75, 3.05) is 0 Å². The highest BCUT2D eigenvalue weighted by atomic mass is 32.1. The minimum Gasteiger partial charge on any atom is -0.493 e. The standard InChI is InChI=1S/C13H14N2OS2/c1-8-4-5-10(9(2)6-8)14-7-11-12(16)15(3)13(17)18-11/h4-7,16H,1-3H3. The normalized spacial score (nSPS) is 11.3. The maximum atomic E-state index is 9.83. The van der Waals surface area contributed by atoms with E-state index in [1.54, 1.807) is 17.8 Å². The second-order valence-corrected chi connectivity index (χ2v) is 5.84. The molecule has 0 bridgehead atoms. The van der Waals surface area contributed by atoms with Gasteiger partial charge in [0.25, 0.3) is 0 Å². The van der Waals surface area contributed by atoms with E-state index in [-0.39, 0.29) is 5.88 Å². The molecule has 0 unspecified atom stereocenters. The molecule has 1 aromatic carbocycles. The summed E-state index contributed by atoms with van der Waals surface area (Å²) in [6.45, 7) is 4.07. The fourth-order valence-electron chi connectivity index (χ4n) is 1.62. The zero-order chi connectivity index (χ0) is 13.3. The van der Waals surface area contributed by atoms with Gasteiger partial charge in [-0.1, -0.05) is 29.0 Å². The van der Waals surface area contributed by atoms with E-state index in [0.29, 0.717) is 8.83 Å². The van der Waals surface area contributed by atoms with Crippen molar-refractivity contribution in [3.63, 3.8) is 0 Å². The average Bonchev–Trinajstić information content (AvgIpc) is 2.56. The van der Waals surface area contributed by atoms with Gasteiger partial charge in [-0.25, -0.2) is 0 Å². The van der Waals surface area contributed by atoms with Crippen LogP contribution in [0.3, 0.4) is 0 Å². The van der Waals surface area contributed by atoms with Gasteiger partial charge in [-0.15, -0.1) is 0 Å². The Hall–Kier alpha value is -1.46. The van der Waals surface area contributed by atoms with Gasteiger partial charge in [-0.3, -0.25) is 9.56 Å². The molecule has 0 atom stereocenters. The van der Waals surface area contributed by atoms with Crippen LogP contribution in [0.5, 0.6) is 5.88 Å². The van der Waals surface area contributed by atoms with Crippen molar-refractivity contribution in [2.24, 2.45) is 12.0 Å². The summed E-state index contributed by atoms with van der Waals surface area (Å²) in [5.74, 6) is 0.165. The molecule has 1 N–H and O–H groups in total. The van der Waals surface area contributed by atoms with Gasteiger partial charge in [0.05, 0.1) is 11.9 Å². The van der Waals surface area contributed by atoms with E-state index in [2.05, 4.69) is 18.0 Å². The maximum Gasteiger partial charge on any atom is 0.211 e. The van der Waals surface area contributed by atoms with Gasteiger partial charge in [-0.2, -0.15) is 0 Å². The monoisotopic (exact) mass is 278 g/mol. The van der Waals surface area contributed by atoms with Crippen LogP contribution in [0, 0.1) is 17.8 Å². The summed E-state index contributed by atoms with van der Waals surface area (Å²) in [7, 11) is 1.74. The Labute approximate surface area is 115 Å². The van der Waals surface area contributed by atoms with Crippen molar-refractivity contribution in [3.8, 4) is 5.88 Å². The molecule has 0 aliphatic carbocycles. The Balaban J connectivity index is 2.36. The largest absolute Gasteiger partial charge is 0.493 e. The Kier molecular flexibility index (Phi) is 3.63. The lowest BCUT2D eigenvalue weighted by Gasteiger charge is -2.00. The molecule has 0 aliphatic rings. The van der Waals surface area contributed by atoms with Crippen molar-refractivity contribution in [3.05, 3.63) is 38.2 Å². The summed E-state index contributed by atoms with van der Waals surface area (Å²) >= 11 is 6.44. The van der Waals surface area contributed by atoms with Crippen LogP contribution in [0.2, 0.25) is 0 Å². The molecule has 1 aromatic heterocycles. The van der Waals surface area contributed by atoms with E-state index in [0.717, 1.165) is 11.3 Å². The van der Waals surface area contributed by atoms with Crippen molar-refractivity contribution in [2.45, 2.75) is 13.8 Å². The number of rotatable bonds is 2. The van der Waals surface area contributed by atoms with Crippen LogP contribution >= 0.6 is 23.6 Å². The third-order valence-electron chi connectivity index (χ3n) is 2.68. The number of aryl methyl sites for hydroxylation is 2. The molecule has 2 rings (SSSR count).